The fraction of sp³-hybridized carbons (Fsp3) is 0.241. The van der Waals surface area contributed by atoms with Crippen LogP contribution >= 0.6 is 11.3 Å². The molecular formula is C29H28N2O5S. The Balaban J connectivity index is 1.91. The summed E-state index contributed by atoms with van der Waals surface area (Å²) in [6.45, 7) is 11.0. The van der Waals surface area contributed by atoms with Crippen molar-refractivity contribution in [3.05, 3.63) is 99.1 Å². The third-order valence-electron chi connectivity index (χ3n) is 6.31. The number of aromatic nitrogens is 1. The predicted octanol–water partition coefficient (Wildman–Crippen LogP) is 5.60. The van der Waals surface area contributed by atoms with E-state index in [-0.39, 0.29) is 27.9 Å². The minimum absolute atomic E-state index is 0.0217. The van der Waals surface area contributed by atoms with Crippen LogP contribution in [-0.2, 0) is 20.7 Å². The number of esters is 1. The molecule has 0 spiro atoms. The van der Waals surface area contributed by atoms with E-state index in [1.165, 1.54) is 11.0 Å². The number of carbonyl (C=O) groups excluding carboxylic acids is 3. The standard InChI is InChI=1S/C29H28N2O5S/c1-6-14-36-28(35)26-18(5)30-29(37-26)31-23(20-12-10-19(7-2)11-13-20)22(25(33)27(31)34)24(32)21-15-16(3)8-9-17(21)4/h6,8-13,15,23,32H,1,7,14H2,2-5H3/b24-22+. The summed E-state index contributed by atoms with van der Waals surface area (Å²) in [6, 6.07) is 12.2. The number of thiazole rings is 1. The molecule has 1 fully saturated rings. The molecule has 0 aliphatic carbocycles. The average Bonchev–Trinajstić information content (AvgIpc) is 3.40. The molecule has 1 saturated heterocycles. The summed E-state index contributed by atoms with van der Waals surface area (Å²) in [5, 5.41) is 11.6. The number of amides is 1. The van der Waals surface area contributed by atoms with Crippen molar-refractivity contribution in [3.63, 3.8) is 0 Å². The number of aryl methyl sites for hydroxylation is 4. The van der Waals surface area contributed by atoms with E-state index in [2.05, 4.69) is 11.6 Å². The number of benzene rings is 2. The van der Waals surface area contributed by atoms with Crippen molar-refractivity contribution in [2.45, 2.75) is 40.2 Å². The highest BCUT2D eigenvalue weighted by atomic mass is 32.1. The maximum absolute atomic E-state index is 13.4. The molecule has 1 aliphatic heterocycles. The minimum atomic E-state index is -0.923. The van der Waals surface area contributed by atoms with Gasteiger partial charge in [-0.1, -0.05) is 72.9 Å². The lowest BCUT2D eigenvalue weighted by Crippen LogP contribution is -2.29. The Morgan fingerprint density at radius 1 is 1.16 bits per heavy atom. The van der Waals surface area contributed by atoms with Crippen LogP contribution < -0.4 is 4.90 Å². The van der Waals surface area contributed by atoms with Crippen molar-refractivity contribution in [3.8, 4) is 0 Å². The van der Waals surface area contributed by atoms with Gasteiger partial charge < -0.3 is 9.84 Å². The highest BCUT2D eigenvalue weighted by Gasteiger charge is 2.48. The molecule has 1 amide bonds. The van der Waals surface area contributed by atoms with Crippen LogP contribution in [0.1, 0.15) is 56.1 Å². The van der Waals surface area contributed by atoms with Gasteiger partial charge in [-0.2, -0.15) is 0 Å². The second kappa shape index (κ2) is 10.5. The summed E-state index contributed by atoms with van der Waals surface area (Å²) >= 11 is 0.971. The van der Waals surface area contributed by atoms with E-state index in [1.807, 2.05) is 57.2 Å². The van der Waals surface area contributed by atoms with E-state index in [1.54, 1.807) is 13.0 Å². The molecule has 0 bridgehead atoms. The third-order valence-corrected chi connectivity index (χ3v) is 7.44. The van der Waals surface area contributed by atoms with Gasteiger partial charge in [0.2, 0.25) is 0 Å². The molecule has 190 valence electrons. The summed E-state index contributed by atoms with van der Waals surface area (Å²) in [7, 11) is 0. The smallest absolute Gasteiger partial charge is 0.350 e. The zero-order chi connectivity index (χ0) is 26.9. The van der Waals surface area contributed by atoms with Gasteiger partial charge in [0.05, 0.1) is 17.3 Å². The number of ether oxygens (including phenoxy) is 1. The number of anilines is 1. The largest absolute Gasteiger partial charge is 0.507 e. The normalized spacial score (nSPS) is 16.8. The fourth-order valence-electron chi connectivity index (χ4n) is 4.29. The summed E-state index contributed by atoms with van der Waals surface area (Å²) < 4.78 is 5.15. The summed E-state index contributed by atoms with van der Waals surface area (Å²) in [5.74, 6) is -2.47. The van der Waals surface area contributed by atoms with Crippen LogP contribution in [0.5, 0.6) is 0 Å². The topological polar surface area (TPSA) is 96.8 Å². The Bertz CT molecular complexity index is 1430. The SMILES string of the molecule is C=CCOC(=O)c1sc(N2C(=O)C(=O)/C(=C(/O)c3cc(C)ccc3C)C2c2ccc(CC)cc2)nc1C. The molecule has 8 heteroatoms. The van der Waals surface area contributed by atoms with Crippen LogP contribution in [-0.4, -0.2) is 34.4 Å². The molecule has 4 rings (SSSR count). The van der Waals surface area contributed by atoms with Gasteiger partial charge in [0.15, 0.2) is 5.13 Å². The van der Waals surface area contributed by atoms with Gasteiger partial charge in [-0.15, -0.1) is 0 Å². The van der Waals surface area contributed by atoms with Gasteiger partial charge in [0, 0.05) is 5.56 Å². The van der Waals surface area contributed by atoms with E-state index in [4.69, 9.17) is 4.74 Å². The lowest BCUT2D eigenvalue weighted by atomic mass is 9.93. The van der Waals surface area contributed by atoms with Crippen LogP contribution in [0, 0.1) is 20.8 Å². The molecule has 0 radical (unpaired) electrons. The Labute approximate surface area is 219 Å². The van der Waals surface area contributed by atoms with Crippen molar-refractivity contribution in [1.29, 1.82) is 0 Å². The van der Waals surface area contributed by atoms with Gasteiger partial charge >= 0.3 is 11.9 Å². The summed E-state index contributed by atoms with van der Waals surface area (Å²) in [5.41, 5.74) is 4.25. The van der Waals surface area contributed by atoms with Crippen LogP contribution in [0.25, 0.3) is 5.76 Å². The van der Waals surface area contributed by atoms with Gasteiger partial charge in [-0.3, -0.25) is 14.5 Å². The lowest BCUT2D eigenvalue weighted by molar-refractivity contribution is -0.132. The lowest BCUT2D eigenvalue weighted by Gasteiger charge is -2.23. The zero-order valence-electron chi connectivity index (χ0n) is 21.2. The number of ketones is 1. The Hall–Kier alpha value is -4.04. The highest BCUT2D eigenvalue weighted by Crippen LogP contribution is 2.44. The third kappa shape index (κ3) is 4.84. The molecule has 1 atom stereocenters. The van der Waals surface area contributed by atoms with Crippen LogP contribution in [0.15, 0.2) is 60.7 Å². The molecule has 37 heavy (non-hydrogen) atoms. The number of hydrogen-bond acceptors (Lipinski definition) is 7. The monoisotopic (exact) mass is 516 g/mol. The number of Topliss-reactive ketones (excluding diaryl/α,β-unsaturated/α-hetero) is 1. The Morgan fingerprint density at radius 3 is 2.51 bits per heavy atom. The number of nitrogens with zero attached hydrogens (tertiary/aromatic N) is 2. The maximum Gasteiger partial charge on any atom is 0.350 e. The fourth-order valence-corrected chi connectivity index (χ4v) is 5.28. The number of rotatable bonds is 7. The molecule has 0 saturated carbocycles. The van der Waals surface area contributed by atoms with Crippen molar-refractivity contribution in [2.75, 3.05) is 11.5 Å². The van der Waals surface area contributed by atoms with E-state index < -0.39 is 23.7 Å². The number of aliphatic hydroxyl groups excluding tert-OH is 1. The van der Waals surface area contributed by atoms with E-state index in [0.717, 1.165) is 34.4 Å². The highest BCUT2D eigenvalue weighted by molar-refractivity contribution is 7.17. The first-order valence-corrected chi connectivity index (χ1v) is 12.7. The summed E-state index contributed by atoms with van der Waals surface area (Å²) in [4.78, 5) is 45.4. The molecule has 1 aromatic heterocycles. The predicted molar refractivity (Wildman–Crippen MR) is 144 cm³/mol. The first-order chi connectivity index (χ1) is 17.7. The van der Waals surface area contributed by atoms with Crippen LogP contribution in [0.2, 0.25) is 0 Å². The van der Waals surface area contributed by atoms with Gasteiger partial charge in [0.25, 0.3) is 5.78 Å². The summed E-state index contributed by atoms with van der Waals surface area (Å²) in [6.07, 6.45) is 2.28. The van der Waals surface area contributed by atoms with Crippen molar-refractivity contribution >= 4 is 39.9 Å². The van der Waals surface area contributed by atoms with Crippen molar-refractivity contribution in [2.24, 2.45) is 0 Å². The Morgan fingerprint density at radius 2 is 1.86 bits per heavy atom. The molecule has 2 aromatic carbocycles. The van der Waals surface area contributed by atoms with Gasteiger partial charge in [-0.25, -0.2) is 9.78 Å². The minimum Gasteiger partial charge on any atom is -0.507 e. The quantitative estimate of drug-likeness (QED) is 0.144. The molecule has 1 aliphatic rings. The molecular weight excluding hydrogens is 488 g/mol. The number of hydrogen-bond donors (Lipinski definition) is 1. The zero-order valence-corrected chi connectivity index (χ0v) is 22.0. The Kier molecular flexibility index (Phi) is 7.40. The van der Waals surface area contributed by atoms with Crippen LogP contribution in [0.4, 0.5) is 5.13 Å². The second-order valence-electron chi connectivity index (χ2n) is 8.88. The van der Waals surface area contributed by atoms with E-state index >= 15 is 0 Å². The van der Waals surface area contributed by atoms with Gasteiger partial charge in [-0.05, 0) is 49.9 Å². The van der Waals surface area contributed by atoms with E-state index in [0.29, 0.717) is 16.8 Å². The van der Waals surface area contributed by atoms with Crippen LogP contribution in [0.3, 0.4) is 0 Å². The molecule has 1 unspecified atom stereocenters. The second-order valence-corrected chi connectivity index (χ2v) is 9.86. The maximum atomic E-state index is 13.4. The molecule has 3 aromatic rings. The van der Waals surface area contributed by atoms with Crippen molar-refractivity contribution in [1.82, 2.24) is 4.98 Å². The molecule has 1 N–H and O–H groups in total. The van der Waals surface area contributed by atoms with Crippen molar-refractivity contribution < 1.29 is 24.2 Å². The number of aliphatic hydroxyl groups is 1. The average molecular weight is 517 g/mol. The van der Waals surface area contributed by atoms with E-state index in [9.17, 15) is 19.5 Å². The molecule has 2 heterocycles. The molecule has 7 nitrogen and oxygen atoms in total. The first kappa shape index (κ1) is 26.0. The first-order valence-electron chi connectivity index (χ1n) is 11.9. The van der Waals surface area contributed by atoms with Gasteiger partial charge in [0.1, 0.15) is 17.2 Å². The number of carbonyl (C=O) groups is 3.